The Bertz CT molecular complexity index is 2850. The predicted octanol–water partition coefficient (Wildman–Crippen LogP) is 8.81. The van der Waals surface area contributed by atoms with E-state index in [1.165, 1.54) is 38.1 Å². The van der Waals surface area contributed by atoms with Gasteiger partial charge in [-0.1, -0.05) is 66.7 Å². The topological polar surface area (TPSA) is 71.8 Å². The minimum Gasteiger partial charge on any atom is -0.308 e. The lowest BCUT2D eigenvalue weighted by Crippen LogP contribution is -2.04. The smallest absolute Gasteiger partial charge is 0.235 e. The molecule has 44 heavy (non-hydrogen) atoms. The van der Waals surface area contributed by atoms with Crippen LogP contribution in [0.15, 0.2) is 121 Å². The number of pyridine rings is 1. The molecule has 0 aliphatic heterocycles. The zero-order valence-corrected chi connectivity index (χ0v) is 23.2. The summed E-state index contributed by atoms with van der Waals surface area (Å²) in [6.45, 7) is 0. The quantitative estimate of drug-likeness (QED) is 0.212. The molecule has 0 N–H and O–H groups in total. The molecule has 10 aromatic rings. The number of hydrogen-bond donors (Lipinski definition) is 0. The molecule has 5 aromatic heterocycles. The van der Waals surface area contributed by atoms with Gasteiger partial charge in [0.05, 0.1) is 44.7 Å². The van der Waals surface area contributed by atoms with E-state index in [0.29, 0.717) is 22.7 Å². The molecule has 0 fully saturated rings. The Kier molecular flexibility index (Phi) is 4.43. The molecule has 0 unspecified atom stereocenters. The maximum atomic E-state index is 9.64. The Hall–Kier alpha value is -6.32. The highest BCUT2D eigenvalue weighted by molar-refractivity contribution is 6.34. The van der Waals surface area contributed by atoms with Crippen molar-refractivity contribution in [2.45, 2.75) is 0 Å². The van der Waals surface area contributed by atoms with Gasteiger partial charge in [0.1, 0.15) is 11.2 Å². The molecule has 0 saturated heterocycles. The third kappa shape index (κ3) is 2.90. The molecule has 0 spiro atoms. The van der Waals surface area contributed by atoms with Crippen LogP contribution in [-0.4, -0.2) is 23.9 Å². The molecule has 0 aliphatic carbocycles. The minimum atomic E-state index is 0.566. The van der Waals surface area contributed by atoms with Crippen molar-refractivity contribution in [3.05, 3.63) is 127 Å². The maximum Gasteiger partial charge on any atom is 0.235 e. The monoisotopic (exact) mass is 560 g/mol. The molecule has 202 valence electrons. The van der Waals surface area contributed by atoms with Gasteiger partial charge in [0.25, 0.3) is 0 Å². The predicted molar refractivity (Wildman–Crippen MR) is 176 cm³/mol. The standard InChI is InChI=1S/C38H20N6/c39-21-22-9-7-10-23(19-22)34-35-29(14-8-18-40-35)41-38(42-34)44-31-16-5-2-12-25(31)28-20-27-24-11-1-4-15-30(24)43-32-17-6-3-13-26(32)33(36(27)43)37(28)44/h1-20H. The summed E-state index contributed by atoms with van der Waals surface area (Å²) in [4.78, 5) is 15.0. The highest BCUT2D eigenvalue weighted by Crippen LogP contribution is 2.46. The van der Waals surface area contributed by atoms with E-state index in [4.69, 9.17) is 9.97 Å². The summed E-state index contributed by atoms with van der Waals surface area (Å²) in [6, 6.07) is 41.8. The second kappa shape index (κ2) is 8.37. The molecule has 0 bridgehead atoms. The number of aromatic nitrogens is 5. The average Bonchev–Trinajstić information content (AvgIpc) is 3.72. The number of fused-ring (bicyclic) bond motifs is 11. The second-order valence-electron chi connectivity index (χ2n) is 11.2. The summed E-state index contributed by atoms with van der Waals surface area (Å²) in [5.41, 5.74) is 9.23. The lowest BCUT2D eigenvalue weighted by atomic mass is 10.0. The molecule has 5 aromatic carbocycles. The van der Waals surface area contributed by atoms with Crippen molar-refractivity contribution < 1.29 is 0 Å². The Labute approximate surface area is 250 Å². The first kappa shape index (κ1) is 23.3. The van der Waals surface area contributed by atoms with Gasteiger partial charge in [0, 0.05) is 44.1 Å². The molecule has 6 heteroatoms. The molecule has 5 heterocycles. The molecule has 0 aliphatic rings. The van der Waals surface area contributed by atoms with Crippen LogP contribution < -0.4 is 0 Å². The summed E-state index contributed by atoms with van der Waals surface area (Å²) in [5.74, 6) is 0.566. The van der Waals surface area contributed by atoms with E-state index in [-0.39, 0.29) is 0 Å². The fourth-order valence-corrected chi connectivity index (χ4v) is 7.16. The maximum absolute atomic E-state index is 9.64. The van der Waals surface area contributed by atoms with E-state index in [0.717, 1.165) is 32.9 Å². The van der Waals surface area contributed by atoms with Crippen LogP contribution in [0.4, 0.5) is 0 Å². The van der Waals surface area contributed by atoms with Crippen LogP contribution in [-0.2, 0) is 0 Å². The van der Waals surface area contributed by atoms with Gasteiger partial charge < -0.3 is 4.40 Å². The Morgan fingerprint density at radius 3 is 2.11 bits per heavy atom. The summed E-state index contributed by atoms with van der Waals surface area (Å²) in [6.07, 6.45) is 1.76. The zero-order chi connectivity index (χ0) is 28.9. The molecule has 0 amide bonds. The van der Waals surface area contributed by atoms with Crippen molar-refractivity contribution in [3.63, 3.8) is 0 Å². The van der Waals surface area contributed by atoms with Crippen molar-refractivity contribution in [3.8, 4) is 23.3 Å². The van der Waals surface area contributed by atoms with Crippen molar-refractivity contribution in [1.82, 2.24) is 23.9 Å². The van der Waals surface area contributed by atoms with Crippen molar-refractivity contribution >= 4 is 70.9 Å². The van der Waals surface area contributed by atoms with Crippen LogP contribution in [0, 0.1) is 11.3 Å². The first-order valence-electron chi connectivity index (χ1n) is 14.5. The van der Waals surface area contributed by atoms with Gasteiger partial charge in [-0.25, -0.2) is 9.97 Å². The molecule has 0 saturated carbocycles. The number of nitrogens with zero attached hydrogens (tertiary/aromatic N) is 6. The van der Waals surface area contributed by atoms with E-state index in [9.17, 15) is 5.26 Å². The highest BCUT2D eigenvalue weighted by atomic mass is 15.2. The van der Waals surface area contributed by atoms with E-state index in [2.05, 4.69) is 98.9 Å². The number of hydrogen-bond acceptors (Lipinski definition) is 4. The Morgan fingerprint density at radius 1 is 0.591 bits per heavy atom. The largest absolute Gasteiger partial charge is 0.308 e. The van der Waals surface area contributed by atoms with Crippen LogP contribution in [0.5, 0.6) is 0 Å². The third-order valence-corrected chi connectivity index (χ3v) is 8.91. The van der Waals surface area contributed by atoms with Gasteiger partial charge in [0.15, 0.2) is 0 Å². The Morgan fingerprint density at radius 2 is 1.30 bits per heavy atom. The Balaban J connectivity index is 1.44. The zero-order valence-electron chi connectivity index (χ0n) is 23.2. The lowest BCUT2D eigenvalue weighted by molar-refractivity contribution is 1.01. The van der Waals surface area contributed by atoms with E-state index in [1.807, 2.05) is 30.3 Å². The first-order chi connectivity index (χ1) is 21.8. The molecule has 0 radical (unpaired) electrons. The molecule has 10 rings (SSSR count). The fraction of sp³-hybridized carbons (Fsp3) is 0. The number of para-hydroxylation sites is 3. The average molecular weight is 561 g/mol. The normalized spacial score (nSPS) is 12.1. The van der Waals surface area contributed by atoms with Gasteiger partial charge in [-0.15, -0.1) is 0 Å². The summed E-state index contributed by atoms with van der Waals surface area (Å²) in [5, 5.41) is 16.8. The van der Waals surface area contributed by atoms with Gasteiger partial charge in [-0.3, -0.25) is 9.55 Å². The van der Waals surface area contributed by atoms with Crippen LogP contribution in [0.2, 0.25) is 0 Å². The minimum absolute atomic E-state index is 0.566. The van der Waals surface area contributed by atoms with Crippen molar-refractivity contribution in [2.75, 3.05) is 0 Å². The van der Waals surface area contributed by atoms with Gasteiger partial charge >= 0.3 is 0 Å². The molecular weight excluding hydrogens is 540 g/mol. The fourth-order valence-electron chi connectivity index (χ4n) is 7.16. The number of nitriles is 1. The van der Waals surface area contributed by atoms with Crippen LogP contribution in [0.25, 0.3) is 88.1 Å². The molecule has 6 nitrogen and oxygen atoms in total. The van der Waals surface area contributed by atoms with E-state index >= 15 is 0 Å². The summed E-state index contributed by atoms with van der Waals surface area (Å²) in [7, 11) is 0. The van der Waals surface area contributed by atoms with Gasteiger partial charge in [-0.05, 0) is 48.5 Å². The van der Waals surface area contributed by atoms with Crippen LogP contribution >= 0.6 is 0 Å². The second-order valence-corrected chi connectivity index (χ2v) is 11.2. The first-order valence-corrected chi connectivity index (χ1v) is 14.5. The van der Waals surface area contributed by atoms with Crippen molar-refractivity contribution in [2.24, 2.45) is 0 Å². The SMILES string of the molecule is N#Cc1cccc(-c2nc(-n3c4ccccc4c4cc5c6ccccc6n6c7ccccc7c(c43)c56)nc3cccnc23)c1. The highest BCUT2D eigenvalue weighted by Gasteiger charge is 2.25. The number of benzene rings is 5. The van der Waals surface area contributed by atoms with Gasteiger partial charge in [-0.2, -0.15) is 5.26 Å². The number of rotatable bonds is 2. The van der Waals surface area contributed by atoms with Gasteiger partial charge in [0.2, 0.25) is 5.95 Å². The third-order valence-electron chi connectivity index (χ3n) is 8.91. The van der Waals surface area contributed by atoms with Crippen molar-refractivity contribution in [1.29, 1.82) is 5.26 Å². The van der Waals surface area contributed by atoms with Crippen LogP contribution in [0.3, 0.4) is 0 Å². The van der Waals surface area contributed by atoms with E-state index < -0.39 is 0 Å². The molecule has 0 atom stereocenters. The van der Waals surface area contributed by atoms with E-state index in [1.54, 1.807) is 12.3 Å². The summed E-state index contributed by atoms with van der Waals surface area (Å²) < 4.78 is 4.62. The summed E-state index contributed by atoms with van der Waals surface area (Å²) >= 11 is 0. The lowest BCUT2D eigenvalue weighted by Gasteiger charge is -2.12. The molecular formula is C38H20N6. The van der Waals surface area contributed by atoms with Crippen LogP contribution in [0.1, 0.15) is 5.56 Å².